The van der Waals surface area contributed by atoms with Crippen LogP contribution in [0.5, 0.6) is 0 Å². The van der Waals surface area contributed by atoms with E-state index < -0.39 is 20.3 Å². The predicted octanol–water partition coefficient (Wildman–Crippen LogP) is 3.16. The van der Waals surface area contributed by atoms with E-state index in [-0.39, 0.29) is 43.1 Å². The van der Waals surface area contributed by atoms with Gasteiger partial charge in [0.2, 0.25) is 0 Å². The summed E-state index contributed by atoms with van der Waals surface area (Å²) in [6, 6.07) is 12.2. The molecular formula is C32H44Cl2Zr. The van der Waals surface area contributed by atoms with Crippen LogP contribution in [0.2, 0.25) is 8.76 Å². The quantitative estimate of drug-likeness (QED) is 0.401. The van der Waals surface area contributed by atoms with E-state index in [0.29, 0.717) is 0 Å². The van der Waals surface area contributed by atoms with Crippen molar-refractivity contribution in [1.82, 2.24) is 0 Å². The Morgan fingerprint density at radius 2 is 1.60 bits per heavy atom. The van der Waals surface area contributed by atoms with Crippen molar-refractivity contribution in [2.24, 2.45) is 0 Å². The van der Waals surface area contributed by atoms with Crippen LogP contribution in [0.3, 0.4) is 0 Å². The van der Waals surface area contributed by atoms with Crippen molar-refractivity contribution in [2.45, 2.75) is 87.8 Å². The monoisotopic (exact) mass is 588 g/mol. The van der Waals surface area contributed by atoms with Gasteiger partial charge in [-0.1, -0.05) is 7.43 Å². The molecule has 3 heteroatoms. The standard InChI is InChI=1S/C21H25.C5H5.C4H7.CH4.CH3.2ClH.Zr/c1-20(2,3)16-7-9-18-14(12-16)11-15-13-17(21(4,5)6)8-10-19(15)18;1-2-4-5-3-1;1-3-4-2;;;;;/h7-10,12H,11H2,1-6H3;1-3H,4H2;3H,1-2,4H2;1H4;1H3;2*1H;/q;;;;;;;+2/p-2. The molecule has 0 bridgehead atoms. The Hall–Kier alpha value is -0.877. The van der Waals surface area contributed by atoms with Crippen LogP contribution in [0.1, 0.15) is 84.1 Å². The van der Waals surface area contributed by atoms with Gasteiger partial charge in [0, 0.05) is 0 Å². The van der Waals surface area contributed by atoms with Crippen molar-refractivity contribution < 1.29 is 45.1 Å². The first-order valence-corrected chi connectivity index (χ1v) is 18.9. The van der Waals surface area contributed by atoms with Crippen molar-refractivity contribution in [3.8, 4) is 11.1 Å². The number of halogens is 2. The number of allylic oxidation sites excluding steroid dienone is 5. The van der Waals surface area contributed by atoms with Crippen molar-refractivity contribution in [2.75, 3.05) is 0 Å². The van der Waals surface area contributed by atoms with Crippen molar-refractivity contribution in [3.05, 3.63) is 86.7 Å². The van der Waals surface area contributed by atoms with Crippen LogP contribution in [0, 0.1) is 0 Å². The molecule has 0 saturated heterocycles. The third-order valence-electron chi connectivity index (χ3n) is 7.63. The summed E-state index contributed by atoms with van der Waals surface area (Å²) >= 11 is -2.86. The third-order valence-corrected chi connectivity index (χ3v) is 19.3. The van der Waals surface area contributed by atoms with E-state index in [1.54, 1.807) is 17.7 Å². The third kappa shape index (κ3) is 6.00. The van der Waals surface area contributed by atoms with Gasteiger partial charge < -0.3 is 24.8 Å². The van der Waals surface area contributed by atoms with Gasteiger partial charge in [0.1, 0.15) is 0 Å². The molecule has 0 radical (unpaired) electrons. The Balaban J connectivity index is 0.00000204. The maximum Gasteiger partial charge on any atom is -1.00 e. The molecule has 0 N–H and O–H groups in total. The molecule has 0 aliphatic heterocycles. The number of fused-ring (bicyclic) bond motifs is 3. The summed E-state index contributed by atoms with van der Waals surface area (Å²) in [5, 5.41) is 0. The first-order valence-electron chi connectivity index (χ1n) is 12.2. The van der Waals surface area contributed by atoms with E-state index in [2.05, 4.69) is 107 Å². The molecule has 2 aliphatic carbocycles. The molecule has 0 spiro atoms. The summed E-state index contributed by atoms with van der Waals surface area (Å²) in [4.78, 5) is 0. The molecule has 0 aromatic heterocycles. The first kappa shape index (κ1) is 32.2. The van der Waals surface area contributed by atoms with Gasteiger partial charge in [-0.3, -0.25) is 0 Å². The second-order valence-corrected chi connectivity index (χ2v) is 22.6. The van der Waals surface area contributed by atoms with Crippen LogP contribution < -0.4 is 28.1 Å². The second-order valence-electron chi connectivity index (χ2n) is 12.0. The summed E-state index contributed by atoms with van der Waals surface area (Å²) in [6.07, 6.45) is 12.6. The Morgan fingerprint density at radius 1 is 0.943 bits per heavy atom. The SMILES string of the molecule is C.C=CC[CH2][Zr+2]([CH3])([C]1=CC=CC1)[c]1c(C(C)(C)C)ccc2c1Cc1cc(C(C)(C)C)ccc1-2.[Cl-].[Cl-]. The number of benzene rings is 2. The molecule has 1 unspecified atom stereocenters. The second kappa shape index (κ2) is 11.7. The molecule has 0 amide bonds. The first-order chi connectivity index (χ1) is 15.0. The molecule has 1 atom stereocenters. The number of hydrogen-bond acceptors (Lipinski definition) is 0. The zero-order valence-electron chi connectivity index (χ0n) is 22.0. The number of hydrogen-bond donors (Lipinski definition) is 0. The number of rotatable bonds is 5. The molecule has 0 saturated carbocycles. The van der Waals surface area contributed by atoms with Crippen molar-refractivity contribution >= 4 is 3.27 Å². The Bertz CT molecular complexity index is 1130. The molecule has 0 fully saturated rings. The van der Waals surface area contributed by atoms with E-state index in [1.165, 1.54) is 26.4 Å². The summed E-state index contributed by atoms with van der Waals surface area (Å²) in [5.41, 5.74) is 9.50. The normalized spacial score (nSPS) is 14.7. The molecule has 0 heterocycles. The van der Waals surface area contributed by atoms with Gasteiger partial charge in [0.25, 0.3) is 0 Å². The van der Waals surface area contributed by atoms with Gasteiger partial charge in [-0.15, -0.1) is 0 Å². The summed E-state index contributed by atoms with van der Waals surface area (Å²) in [5.74, 6) is 0. The van der Waals surface area contributed by atoms with Crippen LogP contribution in [0.4, 0.5) is 0 Å². The summed E-state index contributed by atoms with van der Waals surface area (Å²) in [6.45, 7) is 18.3. The molecule has 0 nitrogen and oxygen atoms in total. The minimum absolute atomic E-state index is 0. The predicted molar refractivity (Wildman–Crippen MR) is 146 cm³/mol. The van der Waals surface area contributed by atoms with Crippen LogP contribution >= 0.6 is 0 Å². The van der Waals surface area contributed by atoms with E-state index in [4.69, 9.17) is 0 Å². The van der Waals surface area contributed by atoms with Gasteiger partial charge in [0.05, 0.1) is 0 Å². The molecule has 2 aliphatic rings. The topological polar surface area (TPSA) is 0 Å². The zero-order chi connectivity index (χ0) is 23.3. The van der Waals surface area contributed by atoms with Gasteiger partial charge in [-0.05, 0) is 0 Å². The van der Waals surface area contributed by atoms with E-state index in [1.807, 2.05) is 0 Å². The van der Waals surface area contributed by atoms with E-state index in [0.717, 1.165) is 19.3 Å². The fraction of sp³-hybridized carbons (Fsp3) is 0.438. The molecule has 4 rings (SSSR count). The van der Waals surface area contributed by atoms with Gasteiger partial charge in [-0.2, -0.15) is 0 Å². The molecule has 2 aromatic carbocycles. The average Bonchev–Trinajstić information content (AvgIpc) is 3.37. The van der Waals surface area contributed by atoms with Gasteiger partial charge >= 0.3 is 202 Å². The van der Waals surface area contributed by atoms with Crippen LogP contribution in [0.25, 0.3) is 11.1 Å². The fourth-order valence-corrected chi connectivity index (χ4v) is 17.1. The van der Waals surface area contributed by atoms with Gasteiger partial charge in [0.15, 0.2) is 0 Å². The van der Waals surface area contributed by atoms with Crippen molar-refractivity contribution in [1.29, 1.82) is 0 Å². The van der Waals surface area contributed by atoms with Crippen molar-refractivity contribution in [3.63, 3.8) is 0 Å². The molecule has 2 aromatic rings. The van der Waals surface area contributed by atoms with Gasteiger partial charge in [-0.25, -0.2) is 0 Å². The minimum atomic E-state index is -2.86. The van der Waals surface area contributed by atoms with E-state index in [9.17, 15) is 0 Å². The largest absolute Gasteiger partial charge is 1.00 e. The molecular weight excluding hydrogens is 546 g/mol. The summed E-state index contributed by atoms with van der Waals surface area (Å²) < 4.78 is 7.56. The Kier molecular flexibility index (Phi) is 10.7. The summed E-state index contributed by atoms with van der Waals surface area (Å²) in [7, 11) is 0. The average molecular weight is 591 g/mol. The smallest absolute Gasteiger partial charge is 1.00 e. The van der Waals surface area contributed by atoms with Crippen LogP contribution in [-0.4, -0.2) is 0 Å². The Labute approximate surface area is 232 Å². The molecule has 35 heavy (non-hydrogen) atoms. The maximum atomic E-state index is 4.09. The molecule has 190 valence electrons. The Morgan fingerprint density at radius 3 is 2.14 bits per heavy atom. The minimum Gasteiger partial charge on any atom is -1.00 e. The van der Waals surface area contributed by atoms with Crippen LogP contribution in [0.15, 0.2) is 64.5 Å². The van der Waals surface area contributed by atoms with Crippen LogP contribution in [-0.2, 0) is 37.5 Å². The fourth-order valence-electron chi connectivity index (χ4n) is 5.69. The van der Waals surface area contributed by atoms with E-state index >= 15 is 0 Å². The maximum absolute atomic E-state index is 4.09. The zero-order valence-corrected chi connectivity index (χ0v) is 26.0.